The molecule has 2 unspecified atom stereocenters. The molecule has 0 radical (unpaired) electrons. The summed E-state index contributed by atoms with van der Waals surface area (Å²) in [5, 5.41) is 20.9. The number of nitrogens with one attached hydrogen (secondary N) is 3. The van der Waals surface area contributed by atoms with Crippen LogP contribution in [0.3, 0.4) is 0 Å². The first-order chi connectivity index (χ1) is 24.9. The second-order valence-electron chi connectivity index (χ2n) is 13.8. The molecule has 0 spiro atoms. The monoisotopic (exact) mass is 749 g/mol. The topological polar surface area (TPSA) is 124 Å². The maximum Gasteiger partial charge on any atom is 0.247 e. The number of halogens is 2. The van der Waals surface area contributed by atoms with Crippen LogP contribution in [-0.2, 0) is 36.1 Å². The van der Waals surface area contributed by atoms with Crippen molar-refractivity contribution in [2.45, 2.75) is 56.9 Å². The van der Waals surface area contributed by atoms with E-state index in [1.165, 1.54) is 0 Å². The van der Waals surface area contributed by atoms with Crippen LogP contribution in [-0.4, -0.2) is 94.7 Å². The Kier molecular flexibility index (Phi) is 13.4. The number of carbonyl (C=O) groups excluding carboxylic acids is 2. The number of likely N-dealkylation sites (N-methyl/N-ethyl adjacent to an activating group) is 1. The Bertz CT molecular complexity index is 1810. The molecule has 11 nitrogen and oxygen atoms in total. The highest BCUT2D eigenvalue weighted by Crippen LogP contribution is 2.31. The lowest BCUT2D eigenvalue weighted by molar-refractivity contribution is -0.142. The molecule has 2 amide bonds. The fourth-order valence-corrected chi connectivity index (χ4v) is 6.82. The number of aromatic nitrogens is 2. The average Bonchev–Trinajstić information content (AvgIpc) is 3.49. The van der Waals surface area contributed by atoms with E-state index in [0.29, 0.717) is 34.5 Å². The number of hydrogen-bond donors (Lipinski definition) is 4. The third-order valence-corrected chi connectivity index (χ3v) is 10.2. The molecule has 3 aromatic carbocycles. The number of ether oxygens (including phenoxy) is 1. The van der Waals surface area contributed by atoms with Gasteiger partial charge in [-0.3, -0.25) is 9.59 Å². The molecule has 5 rings (SSSR count). The number of aliphatic hydroxyl groups is 1. The number of imidazole rings is 1. The van der Waals surface area contributed by atoms with Gasteiger partial charge in [-0.25, -0.2) is 4.98 Å². The van der Waals surface area contributed by atoms with Gasteiger partial charge in [-0.1, -0.05) is 41.4 Å². The van der Waals surface area contributed by atoms with Crippen LogP contribution in [0.5, 0.6) is 11.5 Å². The van der Waals surface area contributed by atoms with E-state index < -0.39 is 30.1 Å². The number of carbonyl (C=O) groups is 2. The third kappa shape index (κ3) is 9.71. The fraction of sp³-hybridized carbons (Fsp3) is 0.410. The Morgan fingerprint density at radius 2 is 1.77 bits per heavy atom. The first-order valence-corrected chi connectivity index (χ1v) is 18.2. The second kappa shape index (κ2) is 17.7. The van der Waals surface area contributed by atoms with Gasteiger partial charge in [-0.15, -0.1) is 0 Å². The molecular formula is C39H49Cl2N7O4. The minimum atomic E-state index is -1.10. The van der Waals surface area contributed by atoms with E-state index in [0.717, 1.165) is 54.1 Å². The van der Waals surface area contributed by atoms with Gasteiger partial charge in [-0.2, -0.15) is 0 Å². The van der Waals surface area contributed by atoms with Crippen LogP contribution in [0.2, 0.25) is 10.0 Å². The van der Waals surface area contributed by atoms with Crippen LogP contribution in [0.1, 0.15) is 36.7 Å². The number of piperidine rings is 1. The summed E-state index contributed by atoms with van der Waals surface area (Å²) in [6, 6.07) is 18.9. The summed E-state index contributed by atoms with van der Waals surface area (Å²) in [5.74, 6) is 1.39. The molecular weight excluding hydrogens is 701 g/mol. The van der Waals surface area contributed by atoms with Crippen molar-refractivity contribution in [3.8, 4) is 22.8 Å². The van der Waals surface area contributed by atoms with Crippen LogP contribution < -0.4 is 20.7 Å². The number of amides is 2. The van der Waals surface area contributed by atoms with Crippen LogP contribution >= 0.6 is 23.2 Å². The van der Waals surface area contributed by atoms with E-state index in [-0.39, 0.29) is 12.5 Å². The van der Waals surface area contributed by atoms with Crippen molar-refractivity contribution in [3.63, 3.8) is 0 Å². The van der Waals surface area contributed by atoms with Gasteiger partial charge >= 0.3 is 0 Å². The van der Waals surface area contributed by atoms with Crippen LogP contribution in [0, 0.1) is 0 Å². The molecule has 1 aliphatic heterocycles. The summed E-state index contributed by atoms with van der Waals surface area (Å²) in [4.78, 5) is 35.5. The molecule has 3 atom stereocenters. The van der Waals surface area contributed by atoms with Gasteiger partial charge in [0.2, 0.25) is 11.8 Å². The highest BCUT2D eigenvalue weighted by atomic mass is 35.5. The normalized spacial score (nSPS) is 17.1. The second-order valence-corrected chi connectivity index (χ2v) is 14.7. The summed E-state index contributed by atoms with van der Waals surface area (Å²) in [6.45, 7) is 3.67. The molecule has 0 aliphatic carbocycles. The van der Waals surface area contributed by atoms with Crippen molar-refractivity contribution in [2.75, 3.05) is 40.8 Å². The van der Waals surface area contributed by atoms with E-state index in [2.05, 4.69) is 30.4 Å². The van der Waals surface area contributed by atoms with Gasteiger partial charge < -0.3 is 40.2 Å². The highest BCUT2D eigenvalue weighted by molar-refractivity contribution is 6.31. The fourth-order valence-electron chi connectivity index (χ4n) is 6.53. The van der Waals surface area contributed by atoms with Gasteiger partial charge in [0.15, 0.2) is 0 Å². The Morgan fingerprint density at radius 3 is 2.42 bits per heavy atom. The van der Waals surface area contributed by atoms with Gasteiger partial charge in [-0.05, 0) is 101 Å². The summed E-state index contributed by atoms with van der Waals surface area (Å²) in [5.41, 5.74) is 3.33. The van der Waals surface area contributed by atoms with E-state index in [1.807, 2.05) is 81.9 Å². The summed E-state index contributed by atoms with van der Waals surface area (Å²) in [6.07, 6.45) is 4.17. The summed E-state index contributed by atoms with van der Waals surface area (Å²) < 4.78 is 8.35. The van der Waals surface area contributed by atoms with Crippen molar-refractivity contribution in [1.82, 2.24) is 35.3 Å². The predicted octanol–water partition coefficient (Wildman–Crippen LogP) is 5.03. The Balaban J connectivity index is 1.20. The van der Waals surface area contributed by atoms with Crippen molar-refractivity contribution in [2.24, 2.45) is 7.05 Å². The van der Waals surface area contributed by atoms with Crippen molar-refractivity contribution >= 4 is 35.0 Å². The number of aliphatic hydroxyl groups excluding tert-OH is 1. The van der Waals surface area contributed by atoms with E-state index in [9.17, 15) is 14.7 Å². The zero-order valence-electron chi connectivity index (χ0n) is 30.5. The zero-order chi connectivity index (χ0) is 37.4. The minimum absolute atomic E-state index is 0.288. The summed E-state index contributed by atoms with van der Waals surface area (Å²) >= 11 is 12.5. The van der Waals surface area contributed by atoms with Gasteiger partial charge in [0, 0.05) is 48.4 Å². The Morgan fingerprint density at radius 1 is 1.06 bits per heavy atom. The first kappa shape index (κ1) is 39.2. The maximum absolute atomic E-state index is 13.8. The molecule has 4 N–H and O–H groups in total. The van der Waals surface area contributed by atoms with Gasteiger partial charge in [0.25, 0.3) is 0 Å². The third-order valence-electron chi connectivity index (χ3n) is 9.68. The Labute approximate surface area is 316 Å². The molecule has 278 valence electrons. The van der Waals surface area contributed by atoms with Crippen molar-refractivity contribution in [3.05, 3.63) is 99.9 Å². The number of hydrogen-bond acceptors (Lipinski definition) is 8. The standard InChI is InChI=1S/C39H49Cl2N7O4/c1-26(37(50)45-33(24-49)38(51)48(5)39(17-6-18-42-25-39)20-27-7-12-30(40)13-8-27)43-21-29-9-14-31(41)19-35(29)52-32-15-10-28(11-16-32)34-22-44-36(47(34)4)23-46(2)3/h7-16,19,22,26,33,42-43,49H,6,17-18,20-21,23-25H2,1-5H3,(H,45,50)/t26?,33?,39-/m1/s1. The molecule has 52 heavy (non-hydrogen) atoms. The molecule has 4 aromatic rings. The van der Waals surface area contributed by atoms with Gasteiger partial charge in [0.1, 0.15) is 23.4 Å². The highest BCUT2D eigenvalue weighted by Gasteiger charge is 2.41. The van der Waals surface area contributed by atoms with Crippen LogP contribution in [0.25, 0.3) is 11.3 Å². The first-order valence-electron chi connectivity index (χ1n) is 17.5. The zero-order valence-corrected chi connectivity index (χ0v) is 32.0. The molecule has 1 aliphatic rings. The quantitative estimate of drug-likeness (QED) is 0.134. The predicted molar refractivity (Wildman–Crippen MR) is 206 cm³/mol. The lowest BCUT2D eigenvalue weighted by Crippen LogP contribution is -2.63. The Hall–Kier alpha value is -3.97. The summed E-state index contributed by atoms with van der Waals surface area (Å²) in [7, 11) is 7.78. The van der Waals surface area contributed by atoms with Crippen LogP contribution in [0.4, 0.5) is 0 Å². The van der Waals surface area contributed by atoms with Gasteiger partial charge in [0.05, 0.1) is 36.6 Å². The molecule has 0 saturated carbocycles. The number of benzene rings is 3. The molecule has 1 saturated heterocycles. The molecule has 2 heterocycles. The molecule has 0 bridgehead atoms. The lowest BCUT2D eigenvalue weighted by Gasteiger charge is -2.46. The van der Waals surface area contributed by atoms with Crippen molar-refractivity contribution < 1.29 is 19.4 Å². The molecule has 1 aromatic heterocycles. The van der Waals surface area contributed by atoms with Crippen molar-refractivity contribution in [1.29, 1.82) is 0 Å². The lowest BCUT2D eigenvalue weighted by atomic mass is 9.82. The van der Waals surface area contributed by atoms with E-state index in [1.54, 1.807) is 31.0 Å². The minimum Gasteiger partial charge on any atom is -0.457 e. The van der Waals surface area contributed by atoms with Crippen LogP contribution in [0.15, 0.2) is 72.9 Å². The average molecular weight is 751 g/mol. The SMILES string of the molecule is CC(NCc1ccc(Cl)cc1Oc1ccc(-c2cnc(CN(C)C)n2C)cc1)C(=O)NC(CO)C(=O)N(C)[C@@]1(Cc2ccc(Cl)cc2)CCCNC1. The van der Waals surface area contributed by atoms with E-state index in [4.69, 9.17) is 27.9 Å². The molecule has 13 heteroatoms. The largest absolute Gasteiger partial charge is 0.457 e. The van der Waals surface area contributed by atoms with E-state index >= 15 is 0 Å². The molecule has 1 fully saturated rings. The number of nitrogens with zero attached hydrogens (tertiary/aromatic N) is 4. The maximum atomic E-state index is 13.8. The smallest absolute Gasteiger partial charge is 0.247 e. The number of rotatable bonds is 15.